The van der Waals surface area contributed by atoms with Gasteiger partial charge in [-0.1, -0.05) is 26.3 Å². The molecule has 6 heteroatoms. The summed E-state index contributed by atoms with van der Waals surface area (Å²) in [6.45, 7) is 3.37. The molecule has 118 valence electrons. The highest BCUT2D eigenvalue weighted by Crippen LogP contribution is 2.41. The van der Waals surface area contributed by atoms with Crippen LogP contribution < -0.4 is 0 Å². The first-order chi connectivity index (χ1) is 10.4. The lowest BCUT2D eigenvalue weighted by atomic mass is 9.77. The highest BCUT2D eigenvalue weighted by atomic mass is 19.1. The van der Waals surface area contributed by atoms with Gasteiger partial charge in [0.05, 0.1) is 11.9 Å². The fourth-order valence-electron chi connectivity index (χ4n) is 2.67. The zero-order valence-electron chi connectivity index (χ0n) is 12.4. The Morgan fingerprint density at radius 1 is 1.23 bits per heavy atom. The van der Waals surface area contributed by atoms with Gasteiger partial charge >= 0.3 is 0 Å². The van der Waals surface area contributed by atoms with Gasteiger partial charge in [-0.15, -0.1) is 0 Å². The van der Waals surface area contributed by atoms with Crippen molar-refractivity contribution in [2.24, 2.45) is 0 Å². The molecule has 2 atom stereocenters. The molecule has 1 aromatic heterocycles. The molecule has 0 bridgehead atoms. The van der Waals surface area contributed by atoms with Gasteiger partial charge in [0.2, 0.25) is 0 Å². The van der Waals surface area contributed by atoms with E-state index in [4.69, 9.17) is 0 Å². The molecule has 1 heterocycles. The lowest BCUT2D eigenvalue weighted by Crippen LogP contribution is -2.34. The summed E-state index contributed by atoms with van der Waals surface area (Å²) in [5.41, 5.74) is -1.77. The van der Waals surface area contributed by atoms with E-state index in [0.717, 1.165) is 12.3 Å². The monoisotopic (exact) mass is 310 g/mol. The molecular weight excluding hydrogens is 293 g/mol. The molecular formula is C16H17F3N2O. The van der Waals surface area contributed by atoms with Crippen molar-refractivity contribution in [3.63, 3.8) is 0 Å². The Kier molecular flexibility index (Phi) is 4.81. The van der Waals surface area contributed by atoms with E-state index in [-0.39, 0.29) is 17.7 Å². The third-order valence-corrected chi connectivity index (χ3v) is 3.85. The van der Waals surface area contributed by atoms with Crippen molar-refractivity contribution >= 4 is 0 Å². The van der Waals surface area contributed by atoms with E-state index in [0.29, 0.717) is 12.5 Å². The van der Waals surface area contributed by atoms with Gasteiger partial charge < -0.3 is 5.11 Å². The van der Waals surface area contributed by atoms with Crippen LogP contribution in [0, 0.1) is 17.5 Å². The third-order valence-electron chi connectivity index (χ3n) is 3.85. The molecule has 1 aromatic carbocycles. The first-order valence-corrected chi connectivity index (χ1v) is 7.03. The van der Waals surface area contributed by atoms with Gasteiger partial charge in [0, 0.05) is 17.5 Å². The molecule has 0 spiro atoms. The number of rotatable bonds is 5. The number of nitrogens with zero attached hydrogens (tertiary/aromatic N) is 2. The van der Waals surface area contributed by atoms with Crippen LogP contribution in [0.3, 0.4) is 0 Å². The molecule has 1 N–H and O–H groups in total. The van der Waals surface area contributed by atoms with Crippen LogP contribution in [0.5, 0.6) is 0 Å². The second kappa shape index (κ2) is 6.44. The zero-order valence-corrected chi connectivity index (χ0v) is 12.4. The molecule has 22 heavy (non-hydrogen) atoms. The number of hydrogen-bond acceptors (Lipinski definition) is 3. The average Bonchev–Trinajstić information content (AvgIpc) is 2.47. The van der Waals surface area contributed by atoms with Crippen LogP contribution in [0.2, 0.25) is 0 Å². The summed E-state index contributed by atoms with van der Waals surface area (Å²) in [7, 11) is 0. The maximum atomic E-state index is 14.1. The number of aromatic nitrogens is 2. The summed E-state index contributed by atoms with van der Waals surface area (Å²) in [5, 5.41) is 11.0. The highest BCUT2D eigenvalue weighted by Gasteiger charge is 2.40. The molecule has 2 aromatic rings. The SMILES string of the molecule is CCC[C@](O)(c1ccc(F)cc1F)[C@@H](C)c1ncncc1F. The van der Waals surface area contributed by atoms with Crippen LogP contribution >= 0.6 is 0 Å². The summed E-state index contributed by atoms with van der Waals surface area (Å²) < 4.78 is 41.1. The molecule has 0 aliphatic rings. The van der Waals surface area contributed by atoms with Crippen molar-refractivity contribution < 1.29 is 18.3 Å². The predicted octanol–water partition coefficient (Wildman–Crippen LogP) is 3.69. The normalized spacial score (nSPS) is 15.4. The molecule has 0 radical (unpaired) electrons. The molecule has 0 amide bonds. The minimum atomic E-state index is -1.69. The molecule has 0 fully saturated rings. The summed E-state index contributed by atoms with van der Waals surface area (Å²) in [6, 6.07) is 2.97. The second-order valence-electron chi connectivity index (χ2n) is 5.28. The number of aliphatic hydroxyl groups is 1. The Hall–Kier alpha value is -1.95. The average molecular weight is 310 g/mol. The number of benzene rings is 1. The van der Waals surface area contributed by atoms with Crippen LogP contribution in [0.15, 0.2) is 30.7 Å². The van der Waals surface area contributed by atoms with E-state index in [1.54, 1.807) is 6.92 Å². The fraction of sp³-hybridized carbons (Fsp3) is 0.375. The molecule has 3 nitrogen and oxygen atoms in total. The van der Waals surface area contributed by atoms with Gasteiger partial charge in [0.25, 0.3) is 0 Å². The molecule has 0 aliphatic carbocycles. The number of halogens is 3. The van der Waals surface area contributed by atoms with Crippen LogP contribution in [-0.4, -0.2) is 15.1 Å². The maximum Gasteiger partial charge on any atom is 0.163 e. The third kappa shape index (κ3) is 2.97. The first kappa shape index (κ1) is 16.4. The van der Waals surface area contributed by atoms with E-state index in [1.165, 1.54) is 12.4 Å². The van der Waals surface area contributed by atoms with E-state index in [1.807, 2.05) is 6.92 Å². The molecule has 0 aliphatic heterocycles. The Bertz CT molecular complexity index is 666. The van der Waals surface area contributed by atoms with Crippen LogP contribution in [0.25, 0.3) is 0 Å². The smallest absolute Gasteiger partial charge is 0.163 e. The minimum Gasteiger partial charge on any atom is -0.384 e. The fourth-order valence-corrected chi connectivity index (χ4v) is 2.67. The Labute approximate surface area is 126 Å². The molecule has 2 rings (SSSR count). The second-order valence-corrected chi connectivity index (χ2v) is 5.28. The molecule has 0 unspecified atom stereocenters. The van der Waals surface area contributed by atoms with E-state index in [9.17, 15) is 18.3 Å². The van der Waals surface area contributed by atoms with Crippen molar-refractivity contribution in [2.45, 2.75) is 38.2 Å². The van der Waals surface area contributed by atoms with Crippen molar-refractivity contribution in [3.05, 3.63) is 59.4 Å². The topological polar surface area (TPSA) is 46.0 Å². The van der Waals surface area contributed by atoms with Gasteiger partial charge in [0.15, 0.2) is 5.82 Å². The summed E-state index contributed by atoms with van der Waals surface area (Å²) in [4.78, 5) is 7.42. The molecule has 0 saturated carbocycles. The van der Waals surface area contributed by atoms with Crippen LogP contribution in [0.4, 0.5) is 13.2 Å². The van der Waals surface area contributed by atoms with Gasteiger partial charge in [-0.05, 0) is 12.5 Å². The van der Waals surface area contributed by atoms with E-state index < -0.39 is 29.0 Å². The van der Waals surface area contributed by atoms with Gasteiger partial charge in [-0.25, -0.2) is 23.1 Å². The van der Waals surface area contributed by atoms with Crippen LogP contribution in [0.1, 0.15) is 43.9 Å². The minimum absolute atomic E-state index is 0.00493. The van der Waals surface area contributed by atoms with Crippen molar-refractivity contribution in [2.75, 3.05) is 0 Å². The van der Waals surface area contributed by atoms with Gasteiger partial charge in [-0.3, -0.25) is 0 Å². The Balaban J connectivity index is 2.54. The zero-order chi connectivity index (χ0) is 16.3. The number of hydrogen-bond donors (Lipinski definition) is 1. The standard InChI is InChI=1S/C16H17F3N2O/c1-3-6-16(22,12-5-4-11(17)7-13(12)18)10(2)15-14(19)8-20-9-21-15/h4-5,7-10,22H,3,6H2,1-2H3/t10-,16+/m0/s1. The van der Waals surface area contributed by atoms with E-state index in [2.05, 4.69) is 9.97 Å². The van der Waals surface area contributed by atoms with E-state index >= 15 is 0 Å². The highest BCUT2D eigenvalue weighted by molar-refractivity contribution is 5.30. The molecule has 0 saturated heterocycles. The lowest BCUT2D eigenvalue weighted by molar-refractivity contribution is -0.00259. The van der Waals surface area contributed by atoms with Crippen molar-refractivity contribution in [3.8, 4) is 0 Å². The quantitative estimate of drug-likeness (QED) is 0.916. The van der Waals surface area contributed by atoms with Crippen LogP contribution in [-0.2, 0) is 5.60 Å². The summed E-state index contributed by atoms with van der Waals surface area (Å²) >= 11 is 0. The van der Waals surface area contributed by atoms with Gasteiger partial charge in [-0.2, -0.15) is 0 Å². The van der Waals surface area contributed by atoms with Crippen molar-refractivity contribution in [1.29, 1.82) is 0 Å². The lowest BCUT2D eigenvalue weighted by Gasteiger charge is -2.34. The summed E-state index contributed by atoms with van der Waals surface area (Å²) in [5.74, 6) is -3.10. The Morgan fingerprint density at radius 3 is 2.55 bits per heavy atom. The summed E-state index contributed by atoms with van der Waals surface area (Å²) in [6.07, 6.45) is 2.87. The largest absolute Gasteiger partial charge is 0.384 e. The van der Waals surface area contributed by atoms with Crippen molar-refractivity contribution in [1.82, 2.24) is 9.97 Å². The van der Waals surface area contributed by atoms with Gasteiger partial charge in [0.1, 0.15) is 23.6 Å². The first-order valence-electron chi connectivity index (χ1n) is 7.03. The predicted molar refractivity (Wildman–Crippen MR) is 75.6 cm³/mol. The maximum absolute atomic E-state index is 14.1. The Morgan fingerprint density at radius 2 is 1.95 bits per heavy atom.